The minimum Gasteiger partial charge on any atom is -0.389 e. The molecule has 4 heteroatoms. The van der Waals surface area contributed by atoms with Crippen LogP contribution in [0.25, 0.3) is 0 Å². The van der Waals surface area contributed by atoms with Crippen molar-refractivity contribution in [2.45, 2.75) is 38.5 Å². The van der Waals surface area contributed by atoms with E-state index in [2.05, 4.69) is 12.2 Å². The van der Waals surface area contributed by atoms with Gasteiger partial charge in [-0.25, -0.2) is 4.39 Å². The van der Waals surface area contributed by atoms with Crippen LogP contribution in [-0.4, -0.2) is 30.4 Å². The number of ether oxygens (including phenoxy) is 1. The highest BCUT2D eigenvalue weighted by Crippen LogP contribution is 2.32. The van der Waals surface area contributed by atoms with Gasteiger partial charge in [0.25, 0.3) is 0 Å². The van der Waals surface area contributed by atoms with Gasteiger partial charge in [0.15, 0.2) is 0 Å². The second kappa shape index (κ2) is 6.98. The molecule has 2 unspecified atom stereocenters. The first-order chi connectivity index (χ1) is 9.16. The Morgan fingerprint density at radius 2 is 2.16 bits per heavy atom. The third-order valence-corrected chi connectivity index (χ3v) is 3.53. The first-order valence-electron chi connectivity index (χ1n) is 6.89. The molecule has 0 heterocycles. The smallest absolute Gasteiger partial charge is 0.128 e. The Kier molecular flexibility index (Phi) is 5.31. The van der Waals surface area contributed by atoms with Gasteiger partial charge in [-0.1, -0.05) is 18.2 Å². The molecule has 0 saturated heterocycles. The first-order valence-corrected chi connectivity index (χ1v) is 6.89. The fourth-order valence-electron chi connectivity index (χ4n) is 2.06. The van der Waals surface area contributed by atoms with Crippen LogP contribution in [0.4, 0.5) is 4.39 Å². The molecule has 2 atom stereocenters. The predicted octanol–water partition coefficient (Wildman–Crippen LogP) is 2.09. The largest absolute Gasteiger partial charge is 0.389 e. The summed E-state index contributed by atoms with van der Waals surface area (Å²) in [6, 6.07) is 6.98. The van der Waals surface area contributed by atoms with Gasteiger partial charge in [-0.2, -0.15) is 0 Å². The Balaban J connectivity index is 1.60. The Labute approximate surface area is 113 Å². The molecule has 1 aliphatic carbocycles. The van der Waals surface area contributed by atoms with Crippen molar-refractivity contribution in [1.29, 1.82) is 0 Å². The molecular weight excluding hydrogens is 245 g/mol. The number of rotatable bonds is 8. The lowest BCUT2D eigenvalue weighted by Crippen LogP contribution is -2.37. The summed E-state index contributed by atoms with van der Waals surface area (Å²) in [7, 11) is 0. The molecule has 1 saturated carbocycles. The van der Waals surface area contributed by atoms with Gasteiger partial charge < -0.3 is 15.2 Å². The van der Waals surface area contributed by atoms with E-state index in [1.54, 1.807) is 18.2 Å². The van der Waals surface area contributed by atoms with Crippen molar-refractivity contribution in [3.05, 3.63) is 35.6 Å². The van der Waals surface area contributed by atoms with Gasteiger partial charge in [0.2, 0.25) is 0 Å². The van der Waals surface area contributed by atoms with E-state index in [0.717, 1.165) is 5.92 Å². The molecule has 19 heavy (non-hydrogen) atoms. The highest BCUT2D eigenvalue weighted by molar-refractivity contribution is 5.16. The van der Waals surface area contributed by atoms with Crippen molar-refractivity contribution >= 4 is 0 Å². The van der Waals surface area contributed by atoms with E-state index in [1.165, 1.54) is 18.9 Å². The maximum atomic E-state index is 13.3. The van der Waals surface area contributed by atoms with E-state index in [4.69, 9.17) is 4.74 Å². The number of hydrogen-bond acceptors (Lipinski definition) is 3. The fourth-order valence-corrected chi connectivity index (χ4v) is 2.06. The Morgan fingerprint density at radius 1 is 1.42 bits per heavy atom. The third-order valence-electron chi connectivity index (χ3n) is 3.53. The number of aliphatic hydroxyl groups excluding tert-OH is 1. The van der Waals surface area contributed by atoms with Crippen molar-refractivity contribution in [2.24, 2.45) is 5.92 Å². The molecule has 1 aromatic carbocycles. The second-order valence-corrected chi connectivity index (χ2v) is 5.29. The first kappa shape index (κ1) is 14.4. The van der Waals surface area contributed by atoms with Crippen molar-refractivity contribution in [3.8, 4) is 0 Å². The van der Waals surface area contributed by atoms with Crippen molar-refractivity contribution in [3.63, 3.8) is 0 Å². The number of nitrogens with one attached hydrogen (secondary N) is 1. The predicted molar refractivity (Wildman–Crippen MR) is 72.3 cm³/mol. The topological polar surface area (TPSA) is 41.5 Å². The van der Waals surface area contributed by atoms with Crippen molar-refractivity contribution in [1.82, 2.24) is 5.32 Å². The van der Waals surface area contributed by atoms with Crippen LogP contribution in [0.2, 0.25) is 0 Å². The summed E-state index contributed by atoms with van der Waals surface area (Å²) in [6.07, 6.45) is 2.02. The molecule has 1 aromatic rings. The summed E-state index contributed by atoms with van der Waals surface area (Å²) in [5.74, 6) is 0.504. The molecule has 0 aromatic heterocycles. The van der Waals surface area contributed by atoms with E-state index in [-0.39, 0.29) is 19.0 Å². The zero-order chi connectivity index (χ0) is 13.7. The number of aliphatic hydroxyl groups is 1. The molecule has 0 amide bonds. The number of halogens is 1. The third kappa shape index (κ3) is 4.90. The average Bonchev–Trinajstić information content (AvgIpc) is 3.22. The van der Waals surface area contributed by atoms with E-state index < -0.39 is 6.10 Å². The molecular formula is C15H22FNO2. The Hall–Kier alpha value is -0.970. The normalized spacial score (nSPS) is 18.3. The van der Waals surface area contributed by atoms with Crippen molar-refractivity contribution in [2.75, 3.05) is 13.2 Å². The SMILES string of the molecule is CC(NCC(O)COCc1ccccc1F)C1CC1. The maximum Gasteiger partial charge on any atom is 0.128 e. The maximum absolute atomic E-state index is 13.3. The fraction of sp³-hybridized carbons (Fsp3) is 0.600. The summed E-state index contributed by atoms with van der Waals surface area (Å²) >= 11 is 0. The molecule has 0 bridgehead atoms. The minimum atomic E-state index is -0.548. The van der Waals surface area contributed by atoms with E-state index in [0.29, 0.717) is 18.2 Å². The zero-order valence-electron chi connectivity index (χ0n) is 11.3. The van der Waals surface area contributed by atoms with Gasteiger partial charge in [-0.15, -0.1) is 0 Å². The standard InChI is InChI=1S/C15H22FNO2/c1-11(12-6-7-12)17-8-14(18)10-19-9-13-4-2-3-5-15(13)16/h2-5,11-12,14,17-18H,6-10H2,1H3. The quantitative estimate of drug-likeness (QED) is 0.758. The van der Waals surface area contributed by atoms with Crippen LogP contribution in [-0.2, 0) is 11.3 Å². The van der Waals surface area contributed by atoms with Gasteiger partial charge >= 0.3 is 0 Å². The monoisotopic (exact) mass is 267 g/mol. The van der Waals surface area contributed by atoms with E-state index in [1.807, 2.05) is 0 Å². The van der Waals surface area contributed by atoms with E-state index >= 15 is 0 Å². The lowest BCUT2D eigenvalue weighted by molar-refractivity contribution is 0.0266. The van der Waals surface area contributed by atoms with Gasteiger partial charge in [0.1, 0.15) is 5.82 Å². The number of benzene rings is 1. The van der Waals surface area contributed by atoms with Crippen LogP contribution < -0.4 is 5.32 Å². The molecule has 0 aliphatic heterocycles. The summed E-state index contributed by atoms with van der Waals surface area (Å²) in [5, 5.41) is 13.1. The minimum absolute atomic E-state index is 0.196. The van der Waals surface area contributed by atoms with Crippen LogP contribution in [0.1, 0.15) is 25.3 Å². The Bertz CT molecular complexity index is 395. The van der Waals surface area contributed by atoms with Crippen LogP contribution in [0, 0.1) is 11.7 Å². The second-order valence-electron chi connectivity index (χ2n) is 5.29. The van der Waals surface area contributed by atoms with Crippen LogP contribution in [0.15, 0.2) is 24.3 Å². The molecule has 0 radical (unpaired) electrons. The zero-order valence-corrected chi connectivity index (χ0v) is 11.3. The summed E-state index contributed by atoms with van der Waals surface area (Å²) in [4.78, 5) is 0. The number of hydrogen-bond donors (Lipinski definition) is 2. The van der Waals surface area contributed by atoms with E-state index in [9.17, 15) is 9.50 Å². The van der Waals surface area contributed by atoms with Crippen LogP contribution in [0.3, 0.4) is 0 Å². The lowest BCUT2D eigenvalue weighted by Gasteiger charge is -2.16. The average molecular weight is 267 g/mol. The van der Waals surface area contributed by atoms with Crippen LogP contribution in [0.5, 0.6) is 0 Å². The molecule has 2 N–H and O–H groups in total. The molecule has 3 nitrogen and oxygen atoms in total. The van der Waals surface area contributed by atoms with Gasteiger partial charge in [-0.05, 0) is 31.7 Å². The molecule has 106 valence electrons. The van der Waals surface area contributed by atoms with Gasteiger partial charge in [0.05, 0.1) is 19.3 Å². The molecule has 2 rings (SSSR count). The van der Waals surface area contributed by atoms with Crippen molar-refractivity contribution < 1.29 is 14.2 Å². The van der Waals surface area contributed by atoms with Gasteiger partial charge in [-0.3, -0.25) is 0 Å². The summed E-state index contributed by atoms with van der Waals surface area (Å²) < 4.78 is 18.6. The van der Waals surface area contributed by atoms with Gasteiger partial charge in [0, 0.05) is 18.2 Å². The van der Waals surface area contributed by atoms with Crippen LogP contribution >= 0.6 is 0 Å². The Morgan fingerprint density at radius 3 is 2.84 bits per heavy atom. The molecule has 1 fully saturated rings. The molecule has 1 aliphatic rings. The highest BCUT2D eigenvalue weighted by Gasteiger charge is 2.27. The molecule has 0 spiro atoms. The lowest BCUT2D eigenvalue weighted by atomic mass is 10.2. The summed E-state index contributed by atoms with van der Waals surface area (Å²) in [6.45, 7) is 3.08. The summed E-state index contributed by atoms with van der Waals surface area (Å²) in [5.41, 5.74) is 0.522. The highest BCUT2D eigenvalue weighted by atomic mass is 19.1.